The molecule has 1 atom stereocenters. The Morgan fingerprint density at radius 1 is 1.03 bits per heavy atom. The summed E-state index contributed by atoms with van der Waals surface area (Å²) in [5.74, 6) is -0.380. The lowest BCUT2D eigenvalue weighted by atomic mass is 10.1. The molecule has 9 heteroatoms. The van der Waals surface area contributed by atoms with E-state index in [2.05, 4.69) is 46.0 Å². The highest BCUT2D eigenvalue weighted by atomic mass is 35.5. The fraction of sp³-hybridized carbons (Fsp3) is 0.393. The van der Waals surface area contributed by atoms with Crippen LogP contribution in [0.3, 0.4) is 0 Å². The van der Waals surface area contributed by atoms with Gasteiger partial charge in [-0.25, -0.2) is 0 Å². The van der Waals surface area contributed by atoms with Crippen molar-refractivity contribution in [3.8, 4) is 0 Å². The molecular formula is C28H34ClN5O2S. The van der Waals surface area contributed by atoms with Crippen LogP contribution in [-0.4, -0.2) is 88.4 Å². The SMILES string of the molecule is C=CCN1C(=O)[C@@H](CC(=O)Nc2ccc(Cl)cc2)N(CCCN2CCN(Cc3ccccc3)CC2)C1=S. The van der Waals surface area contributed by atoms with Gasteiger partial charge in [0.25, 0.3) is 5.91 Å². The van der Waals surface area contributed by atoms with E-state index in [4.69, 9.17) is 23.8 Å². The average Bonchev–Trinajstić information content (AvgIpc) is 3.11. The number of carbonyl (C=O) groups excluding carboxylic acids is 2. The fourth-order valence-corrected chi connectivity index (χ4v) is 5.35. The average molecular weight is 540 g/mol. The molecule has 7 nitrogen and oxygen atoms in total. The summed E-state index contributed by atoms with van der Waals surface area (Å²) in [6.07, 6.45) is 2.56. The van der Waals surface area contributed by atoms with Gasteiger partial charge in [0.15, 0.2) is 5.11 Å². The van der Waals surface area contributed by atoms with Gasteiger partial charge in [-0.05, 0) is 55.0 Å². The second-order valence-electron chi connectivity index (χ2n) is 9.45. The van der Waals surface area contributed by atoms with E-state index in [0.29, 0.717) is 28.9 Å². The quantitative estimate of drug-likeness (QED) is 0.346. The summed E-state index contributed by atoms with van der Waals surface area (Å²) in [7, 11) is 0. The second kappa shape index (κ2) is 13.1. The molecule has 0 aromatic heterocycles. The topological polar surface area (TPSA) is 59.1 Å². The minimum Gasteiger partial charge on any atom is -0.336 e. The zero-order valence-corrected chi connectivity index (χ0v) is 22.6. The summed E-state index contributed by atoms with van der Waals surface area (Å²) in [4.78, 5) is 34.3. The van der Waals surface area contributed by atoms with Crippen molar-refractivity contribution in [1.29, 1.82) is 0 Å². The van der Waals surface area contributed by atoms with Gasteiger partial charge in [0.05, 0.1) is 6.42 Å². The van der Waals surface area contributed by atoms with Crippen molar-refractivity contribution >= 4 is 46.4 Å². The monoisotopic (exact) mass is 539 g/mol. The van der Waals surface area contributed by atoms with E-state index in [1.54, 1.807) is 35.2 Å². The third kappa shape index (κ3) is 7.38. The van der Waals surface area contributed by atoms with Crippen LogP contribution in [0.25, 0.3) is 0 Å². The summed E-state index contributed by atoms with van der Waals surface area (Å²) in [6, 6.07) is 16.9. The lowest BCUT2D eigenvalue weighted by Gasteiger charge is -2.35. The van der Waals surface area contributed by atoms with Crippen molar-refractivity contribution in [2.24, 2.45) is 0 Å². The van der Waals surface area contributed by atoms with E-state index < -0.39 is 6.04 Å². The van der Waals surface area contributed by atoms with Gasteiger partial charge in [0.2, 0.25) is 5.91 Å². The van der Waals surface area contributed by atoms with Crippen LogP contribution in [0.4, 0.5) is 5.69 Å². The molecule has 37 heavy (non-hydrogen) atoms. The number of nitrogens with one attached hydrogen (secondary N) is 1. The number of halogens is 1. The molecule has 0 spiro atoms. The molecule has 0 radical (unpaired) electrons. The van der Waals surface area contributed by atoms with Crippen LogP contribution in [0, 0.1) is 0 Å². The Hall–Kier alpha value is -2.78. The highest BCUT2D eigenvalue weighted by Gasteiger charge is 2.42. The van der Waals surface area contributed by atoms with Crippen LogP contribution in [0.15, 0.2) is 67.3 Å². The smallest absolute Gasteiger partial charge is 0.252 e. The van der Waals surface area contributed by atoms with Crippen LogP contribution in [0.5, 0.6) is 0 Å². The van der Waals surface area contributed by atoms with Gasteiger partial charge in [-0.3, -0.25) is 19.4 Å². The highest BCUT2D eigenvalue weighted by Crippen LogP contribution is 2.22. The third-order valence-corrected chi connectivity index (χ3v) is 7.52. The first kappa shape index (κ1) is 27.3. The molecule has 1 N–H and O–H groups in total. The van der Waals surface area contributed by atoms with E-state index in [9.17, 15) is 9.59 Å². The number of amides is 2. The predicted molar refractivity (Wildman–Crippen MR) is 152 cm³/mol. The summed E-state index contributed by atoms with van der Waals surface area (Å²) in [6.45, 7) is 10.7. The number of hydrogen-bond acceptors (Lipinski definition) is 5. The number of hydrogen-bond donors (Lipinski definition) is 1. The molecule has 2 fully saturated rings. The van der Waals surface area contributed by atoms with E-state index in [1.165, 1.54) is 5.56 Å². The van der Waals surface area contributed by atoms with Gasteiger partial charge in [-0.15, -0.1) is 6.58 Å². The summed E-state index contributed by atoms with van der Waals surface area (Å²) in [5.41, 5.74) is 1.99. The molecular weight excluding hydrogens is 506 g/mol. The maximum Gasteiger partial charge on any atom is 0.252 e. The fourth-order valence-electron chi connectivity index (χ4n) is 4.84. The first-order valence-electron chi connectivity index (χ1n) is 12.7. The summed E-state index contributed by atoms with van der Waals surface area (Å²) < 4.78 is 0. The molecule has 2 saturated heterocycles. The van der Waals surface area contributed by atoms with Crippen molar-refractivity contribution in [2.75, 3.05) is 51.1 Å². The van der Waals surface area contributed by atoms with Crippen molar-refractivity contribution in [2.45, 2.75) is 25.4 Å². The largest absolute Gasteiger partial charge is 0.336 e. The minimum absolute atomic E-state index is 0.0351. The van der Waals surface area contributed by atoms with E-state index in [1.807, 2.05) is 11.0 Å². The number of benzene rings is 2. The van der Waals surface area contributed by atoms with E-state index in [0.717, 1.165) is 45.7 Å². The predicted octanol–water partition coefficient (Wildman–Crippen LogP) is 3.86. The summed E-state index contributed by atoms with van der Waals surface area (Å²) >= 11 is 11.6. The van der Waals surface area contributed by atoms with Crippen molar-refractivity contribution in [3.63, 3.8) is 0 Å². The van der Waals surface area contributed by atoms with Gasteiger partial charge < -0.3 is 15.1 Å². The molecule has 4 rings (SSSR count). The molecule has 0 saturated carbocycles. The van der Waals surface area contributed by atoms with Crippen molar-refractivity contribution in [1.82, 2.24) is 19.6 Å². The molecule has 2 aromatic carbocycles. The number of rotatable bonds is 11. The molecule has 2 aromatic rings. The molecule has 196 valence electrons. The molecule has 0 unspecified atom stereocenters. The number of anilines is 1. The number of carbonyl (C=O) groups is 2. The first-order chi connectivity index (χ1) is 17.9. The molecule has 2 aliphatic rings. The number of nitrogens with zero attached hydrogens (tertiary/aromatic N) is 4. The van der Waals surface area contributed by atoms with Crippen LogP contribution in [0.1, 0.15) is 18.4 Å². The Kier molecular flexibility index (Phi) is 9.68. The third-order valence-electron chi connectivity index (χ3n) is 6.81. The molecule has 0 bridgehead atoms. The second-order valence-corrected chi connectivity index (χ2v) is 10.2. The van der Waals surface area contributed by atoms with Crippen molar-refractivity contribution < 1.29 is 9.59 Å². The van der Waals surface area contributed by atoms with Gasteiger partial charge >= 0.3 is 0 Å². The van der Waals surface area contributed by atoms with Crippen LogP contribution in [-0.2, 0) is 16.1 Å². The Balaban J connectivity index is 1.28. The molecule has 0 aliphatic carbocycles. The number of thiocarbonyl (C=S) groups is 1. The zero-order chi connectivity index (χ0) is 26.2. The molecule has 2 aliphatic heterocycles. The van der Waals surface area contributed by atoms with Gasteiger partial charge in [-0.1, -0.05) is 48.0 Å². The van der Waals surface area contributed by atoms with Gasteiger partial charge in [0.1, 0.15) is 6.04 Å². The Bertz CT molecular complexity index is 1090. The van der Waals surface area contributed by atoms with Crippen molar-refractivity contribution in [3.05, 3.63) is 77.8 Å². The van der Waals surface area contributed by atoms with E-state index >= 15 is 0 Å². The summed E-state index contributed by atoms with van der Waals surface area (Å²) in [5, 5.41) is 3.93. The lowest BCUT2D eigenvalue weighted by molar-refractivity contribution is -0.130. The normalized spacial score (nSPS) is 18.9. The maximum atomic E-state index is 13.1. The highest BCUT2D eigenvalue weighted by molar-refractivity contribution is 7.80. The Morgan fingerprint density at radius 2 is 1.70 bits per heavy atom. The Labute approximate surface area is 229 Å². The Morgan fingerprint density at radius 3 is 2.38 bits per heavy atom. The maximum absolute atomic E-state index is 13.1. The standard InChI is InChI=1S/C28H34ClN5O2S/c1-2-13-34-27(36)25(20-26(35)30-24-11-9-23(29)10-12-24)33(28(34)37)15-6-14-31-16-18-32(19-17-31)21-22-7-4-3-5-8-22/h2-5,7-12,25H,1,6,13-21H2,(H,30,35)/t25-/m1/s1. The van der Waals surface area contributed by atoms with Crippen LogP contribution < -0.4 is 5.32 Å². The first-order valence-corrected chi connectivity index (χ1v) is 13.5. The number of piperazine rings is 1. The molecule has 2 amide bonds. The minimum atomic E-state index is -0.609. The lowest BCUT2D eigenvalue weighted by Crippen LogP contribution is -2.47. The van der Waals surface area contributed by atoms with Crippen LogP contribution in [0.2, 0.25) is 5.02 Å². The van der Waals surface area contributed by atoms with Crippen LogP contribution >= 0.6 is 23.8 Å². The molecule has 2 heterocycles. The zero-order valence-electron chi connectivity index (χ0n) is 21.0. The van der Waals surface area contributed by atoms with Gasteiger partial charge in [0, 0.05) is 56.5 Å². The van der Waals surface area contributed by atoms with Gasteiger partial charge in [-0.2, -0.15) is 0 Å². The van der Waals surface area contributed by atoms with E-state index in [-0.39, 0.29) is 18.2 Å².